The molecule has 0 bridgehead atoms. The number of benzene rings is 1. The Morgan fingerprint density at radius 1 is 1.46 bits per heavy atom. The molecule has 2 aromatic rings. The molecule has 1 amide bonds. The number of hydrogen-bond acceptors (Lipinski definition) is 6. The second kappa shape index (κ2) is 8.06. The van der Waals surface area contributed by atoms with Gasteiger partial charge in [-0.15, -0.1) is 0 Å². The Morgan fingerprint density at radius 2 is 2.31 bits per heavy atom. The van der Waals surface area contributed by atoms with Crippen molar-refractivity contribution in [1.29, 1.82) is 5.26 Å². The van der Waals surface area contributed by atoms with E-state index in [1.54, 1.807) is 12.1 Å². The summed E-state index contributed by atoms with van der Waals surface area (Å²) in [4.78, 5) is 27.6. The normalized spacial score (nSPS) is 19.4. The topological polar surface area (TPSA) is 92.1 Å². The van der Waals surface area contributed by atoms with E-state index in [0.717, 1.165) is 24.2 Å². The van der Waals surface area contributed by atoms with Crippen molar-refractivity contribution < 1.29 is 18.7 Å². The second-order valence-corrected chi connectivity index (χ2v) is 7.03. The smallest absolute Gasteiger partial charge is 0.293 e. The van der Waals surface area contributed by atoms with E-state index in [2.05, 4.69) is 10.3 Å². The van der Waals surface area contributed by atoms with Crippen molar-refractivity contribution >= 4 is 28.8 Å². The molecule has 1 N–H and O–H groups in total. The first kappa shape index (κ1) is 18.0. The van der Waals surface area contributed by atoms with Gasteiger partial charge in [-0.2, -0.15) is 5.26 Å². The quantitative estimate of drug-likeness (QED) is 0.810. The molecule has 0 spiro atoms. The molecule has 134 valence electrons. The molecule has 0 radical (unpaired) electrons. The minimum Gasteiger partial charge on any atom is -0.465 e. The Kier molecular flexibility index (Phi) is 5.58. The Hall–Kier alpha value is -2.79. The fourth-order valence-corrected chi connectivity index (χ4v) is 3.86. The highest BCUT2D eigenvalue weighted by Gasteiger charge is 2.29. The van der Waals surface area contributed by atoms with Crippen molar-refractivity contribution in [3.63, 3.8) is 0 Å². The number of rotatable bonds is 5. The molecule has 8 heteroatoms. The second-order valence-electron chi connectivity index (χ2n) is 6.03. The van der Waals surface area contributed by atoms with Gasteiger partial charge in [0.05, 0.1) is 0 Å². The van der Waals surface area contributed by atoms with E-state index >= 15 is 0 Å². The van der Waals surface area contributed by atoms with E-state index in [0.29, 0.717) is 40.6 Å². The molecule has 0 saturated heterocycles. The van der Waals surface area contributed by atoms with Gasteiger partial charge in [0.15, 0.2) is 5.13 Å². The first-order valence-electron chi connectivity index (χ1n) is 8.17. The van der Waals surface area contributed by atoms with Gasteiger partial charge in [0.2, 0.25) is 5.91 Å². The molecule has 3 rings (SSSR count). The predicted molar refractivity (Wildman–Crippen MR) is 93.7 cm³/mol. The van der Waals surface area contributed by atoms with Crippen LogP contribution in [0.2, 0.25) is 0 Å². The van der Waals surface area contributed by atoms with E-state index in [-0.39, 0.29) is 17.9 Å². The molecule has 1 heterocycles. The highest BCUT2D eigenvalue weighted by molar-refractivity contribution is 7.16. The van der Waals surface area contributed by atoms with Crippen LogP contribution in [0.4, 0.5) is 9.52 Å². The summed E-state index contributed by atoms with van der Waals surface area (Å²) in [6, 6.07) is 7.84. The highest BCUT2D eigenvalue weighted by Crippen LogP contribution is 2.32. The number of hydrogen-bond donors (Lipinski definition) is 1. The van der Waals surface area contributed by atoms with E-state index in [1.807, 2.05) is 6.07 Å². The lowest BCUT2D eigenvalue weighted by Gasteiger charge is -2.26. The fourth-order valence-electron chi connectivity index (χ4n) is 3.07. The van der Waals surface area contributed by atoms with Crippen molar-refractivity contribution in [3.8, 4) is 17.3 Å². The van der Waals surface area contributed by atoms with Crippen LogP contribution in [-0.4, -0.2) is 23.5 Å². The van der Waals surface area contributed by atoms with Gasteiger partial charge < -0.3 is 10.1 Å². The minimum absolute atomic E-state index is 0.215. The first-order chi connectivity index (χ1) is 12.6. The Morgan fingerprint density at radius 3 is 3.04 bits per heavy atom. The maximum absolute atomic E-state index is 13.4. The number of anilines is 1. The summed E-state index contributed by atoms with van der Waals surface area (Å²) in [5, 5.41) is 12.3. The zero-order valence-electron chi connectivity index (χ0n) is 13.8. The molecule has 2 atom stereocenters. The molecule has 2 unspecified atom stereocenters. The van der Waals surface area contributed by atoms with E-state index < -0.39 is 5.82 Å². The van der Waals surface area contributed by atoms with Gasteiger partial charge in [-0.05, 0) is 37.8 Å². The van der Waals surface area contributed by atoms with Gasteiger partial charge in [0.25, 0.3) is 6.47 Å². The Labute approximate surface area is 153 Å². The molecule has 1 aromatic heterocycles. The lowest BCUT2D eigenvalue weighted by molar-refractivity contribution is -0.137. The molecule has 0 aliphatic heterocycles. The van der Waals surface area contributed by atoms with Gasteiger partial charge in [-0.3, -0.25) is 9.59 Å². The number of aromatic nitrogens is 1. The third-order valence-electron chi connectivity index (χ3n) is 4.30. The lowest BCUT2D eigenvalue weighted by atomic mass is 9.86. The summed E-state index contributed by atoms with van der Waals surface area (Å²) in [5.41, 5.74) is 0.827. The van der Waals surface area contributed by atoms with Gasteiger partial charge >= 0.3 is 0 Å². The third-order valence-corrected chi connectivity index (χ3v) is 5.18. The van der Waals surface area contributed by atoms with Crippen LogP contribution in [0.25, 0.3) is 11.3 Å². The van der Waals surface area contributed by atoms with Crippen LogP contribution >= 0.6 is 11.3 Å². The van der Waals surface area contributed by atoms with Gasteiger partial charge in [-0.1, -0.05) is 23.5 Å². The van der Waals surface area contributed by atoms with Crippen molar-refractivity contribution in [2.75, 3.05) is 5.32 Å². The number of nitrogens with one attached hydrogen (secondary N) is 1. The number of carbonyl (C=O) groups is 2. The largest absolute Gasteiger partial charge is 0.465 e. The number of thiazole rings is 1. The van der Waals surface area contributed by atoms with Crippen LogP contribution in [0.15, 0.2) is 24.3 Å². The van der Waals surface area contributed by atoms with Crippen LogP contribution in [-0.2, 0) is 14.3 Å². The molecule has 26 heavy (non-hydrogen) atoms. The molecule has 1 aliphatic rings. The summed E-state index contributed by atoms with van der Waals surface area (Å²) in [6.07, 6.45) is 2.48. The zero-order chi connectivity index (χ0) is 18.5. The third kappa shape index (κ3) is 4.06. The maximum Gasteiger partial charge on any atom is 0.293 e. The molecule has 1 saturated carbocycles. The zero-order valence-corrected chi connectivity index (χ0v) is 14.6. The highest BCUT2D eigenvalue weighted by atomic mass is 32.1. The van der Waals surface area contributed by atoms with Crippen molar-refractivity contribution in [2.45, 2.75) is 31.8 Å². The molecule has 1 fully saturated rings. The van der Waals surface area contributed by atoms with E-state index in [4.69, 9.17) is 4.74 Å². The summed E-state index contributed by atoms with van der Waals surface area (Å²) in [6.45, 7) is 0.413. The number of halogens is 1. The predicted octanol–water partition coefficient (Wildman–Crippen LogP) is 3.49. The summed E-state index contributed by atoms with van der Waals surface area (Å²) in [5.74, 6) is -0.914. The summed E-state index contributed by atoms with van der Waals surface area (Å²) in [7, 11) is 0. The number of nitrogens with zero attached hydrogens (tertiary/aromatic N) is 2. The number of ether oxygens (including phenoxy) is 1. The van der Waals surface area contributed by atoms with Crippen molar-refractivity contribution in [3.05, 3.63) is 35.0 Å². The van der Waals surface area contributed by atoms with Crippen LogP contribution in [0.5, 0.6) is 0 Å². The van der Waals surface area contributed by atoms with Crippen molar-refractivity contribution in [2.24, 2.45) is 5.92 Å². The molecular formula is C18H16FN3O3S. The fraction of sp³-hybridized carbons (Fsp3) is 0.333. The van der Waals surface area contributed by atoms with Crippen LogP contribution in [0.1, 0.15) is 30.6 Å². The molecule has 1 aliphatic carbocycles. The number of amides is 1. The molecular weight excluding hydrogens is 357 g/mol. The van der Waals surface area contributed by atoms with Crippen LogP contribution in [0.3, 0.4) is 0 Å². The summed E-state index contributed by atoms with van der Waals surface area (Å²) >= 11 is 1.05. The monoisotopic (exact) mass is 373 g/mol. The SMILES string of the molecule is N#Cc1sc(NC(=O)C2CCCC(OC=O)C2)nc1-c1cccc(F)c1. The van der Waals surface area contributed by atoms with Crippen LogP contribution < -0.4 is 5.32 Å². The Balaban J connectivity index is 1.75. The lowest BCUT2D eigenvalue weighted by Crippen LogP contribution is -2.31. The standard InChI is InChI=1S/C18H16FN3O3S/c19-13-5-1-3-11(7-13)16-15(9-20)26-18(21-16)22-17(24)12-4-2-6-14(8-12)25-10-23/h1,3,5,7,10,12,14H,2,4,6,8H2,(H,21,22,24). The average Bonchev–Trinajstić information content (AvgIpc) is 3.05. The summed E-state index contributed by atoms with van der Waals surface area (Å²) < 4.78 is 18.4. The molecule has 6 nitrogen and oxygen atoms in total. The van der Waals surface area contributed by atoms with E-state index in [1.165, 1.54) is 12.1 Å². The minimum atomic E-state index is -0.423. The molecule has 1 aromatic carbocycles. The number of nitriles is 1. The van der Waals surface area contributed by atoms with Crippen LogP contribution in [0, 0.1) is 23.1 Å². The first-order valence-corrected chi connectivity index (χ1v) is 8.99. The number of carbonyl (C=O) groups excluding carboxylic acids is 2. The maximum atomic E-state index is 13.4. The van der Waals surface area contributed by atoms with Crippen molar-refractivity contribution in [1.82, 2.24) is 4.98 Å². The van der Waals surface area contributed by atoms with E-state index in [9.17, 15) is 19.2 Å². The average molecular weight is 373 g/mol. The van der Waals surface area contributed by atoms with Gasteiger partial charge in [-0.25, -0.2) is 9.37 Å². The van der Waals surface area contributed by atoms with Gasteiger partial charge in [0, 0.05) is 11.5 Å². The van der Waals surface area contributed by atoms with Gasteiger partial charge in [0.1, 0.15) is 28.6 Å². The Bertz CT molecular complexity index is 862.